The Labute approximate surface area is 59.4 Å². The van der Waals surface area contributed by atoms with Gasteiger partial charge in [-0.1, -0.05) is 6.08 Å². The van der Waals surface area contributed by atoms with Gasteiger partial charge >= 0.3 is 5.97 Å². The number of aliphatic carboxylic acids is 1. The van der Waals surface area contributed by atoms with Gasteiger partial charge in [-0.15, -0.1) is 0 Å². The highest BCUT2D eigenvalue weighted by Gasteiger charge is 2.00. The van der Waals surface area contributed by atoms with E-state index in [4.69, 9.17) is 5.11 Å². The summed E-state index contributed by atoms with van der Waals surface area (Å²) in [6, 6.07) is 0. The molecule has 0 rings (SSSR count). The van der Waals surface area contributed by atoms with E-state index >= 15 is 0 Å². The summed E-state index contributed by atoms with van der Waals surface area (Å²) in [5.74, 6) is -1.07. The molecule has 0 heterocycles. The van der Waals surface area contributed by atoms with E-state index in [1.165, 1.54) is 6.08 Å². The summed E-state index contributed by atoms with van der Waals surface area (Å²) in [4.78, 5) is 20.5. The Bertz CT molecular complexity index is 158. The number of carboxylic acid groups (broad SMARTS) is 1. The smallest absolute Gasteiger partial charge is 0.303 e. The Hall–Kier alpha value is -1.12. The molecule has 1 N–H and O–H groups in total. The zero-order valence-electron chi connectivity index (χ0n) is 5.83. The molecule has 0 amide bonds. The van der Waals surface area contributed by atoms with Crippen molar-refractivity contribution in [2.75, 3.05) is 0 Å². The summed E-state index contributed by atoms with van der Waals surface area (Å²) in [5, 5.41) is 8.15. The second-order valence-electron chi connectivity index (χ2n) is 1.86. The highest BCUT2D eigenvalue weighted by Crippen LogP contribution is 1.91. The van der Waals surface area contributed by atoms with E-state index in [9.17, 15) is 9.59 Å². The molecule has 0 saturated carbocycles. The largest absolute Gasteiger partial charge is 0.481 e. The fourth-order valence-electron chi connectivity index (χ4n) is 0.499. The molecule has 3 heteroatoms. The van der Waals surface area contributed by atoms with Crippen molar-refractivity contribution in [3.63, 3.8) is 0 Å². The maximum atomic E-state index is 10.6. The van der Waals surface area contributed by atoms with Gasteiger partial charge in [0.2, 0.25) is 0 Å². The van der Waals surface area contributed by atoms with Crippen LogP contribution in [-0.4, -0.2) is 16.9 Å². The molecule has 0 unspecified atom stereocenters. The number of carboxylic acids is 1. The predicted molar refractivity (Wildman–Crippen MR) is 36.7 cm³/mol. The molecule has 0 aromatic heterocycles. The molecule has 0 aliphatic carbocycles. The molecule has 0 aliphatic rings. The Balaban J connectivity index is 3.50. The molecule has 10 heavy (non-hydrogen) atoms. The average molecular weight is 142 g/mol. The van der Waals surface area contributed by atoms with Crippen LogP contribution in [0.2, 0.25) is 0 Å². The van der Waals surface area contributed by atoms with Crippen LogP contribution in [-0.2, 0) is 9.59 Å². The van der Waals surface area contributed by atoms with Crippen LogP contribution in [0.1, 0.15) is 19.8 Å². The molecule has 0 fully saturated rings. The van der Waals surface area contributed by atoms with Crippen molar-refractivity contribution < 1.29 is 14.7 Å². The van der Waals surface area contributed by atoms with Gasteiger partial charge in [-0.05, 0) is 13.0 Å². The molecule has 0 bridgehead atoms. The Morgan fingerprint density at radius 2 is 2.00 bits per heavy atom. The van der Waals surface area contributed by atoms with Crippen LogP contribution in [0.25, 0.3) is 0 Å². The van der Waals surface area contributed by atoms with E-state index in [0.717, 1.165) is 0 Å². The summed E-state index contributed by atoms with van der Waals surface area (Å²) in [6.07, 6.45) is 3.00. The SMILES string of the molecule is C/C=C\C(=O)CCC(=O)O. The fraction of sp³-hybridized carbons (Fsp3) is 0.429. The first-order valence-electron chi connectivity index (χ1n) is 3.04. The van der Waals surface area contributed by atoms with Gasteiger partial charge in [-0.25, -0.2) is 0 Å². The van der Waals surface area contributed by atoms with Gasteiger partial charge in [-0.2, -0.15) is 0 Å². The third-order valence-corrected chi connectivity index (χ3v) is 0.938. The van der Waals surface area contributed by atoms with E-state index in [0.29, 0.717) is 0 Å². The minimum atomic E-state index is -0.933. The van der Waals surface area contributed by atoms with Crippen molar-refractivity contribution >= 4 is 11.8 Å². The third kappa shape index (κ3) is 5.03. The Morgan fingerprint density at radius 1 is 1.40 bits per heavy atom. The van der Waals surface area contributed by atoms with E-state index in [-0.39, 0.29) is 18.6 Å². The Kier molecular flexibility index (Phi) is 4.20. The van der Waals surface area contributed by atoms with Crippen LogP contribution >= 0.6 is 0 Å². The number of rotatable bonds is 4. The van der Waals surface area contributed by atoms with Crippen molar-refractivity contribution in [2.45, 2.75) is 19.8 Å². The van der Waals surface area contributed by atoms with Gasteiger partial charge in [0.05, 0.1) is 6.42 Å². The van der Waals surface area contributed by atoms with E-state index in [2.05, 4.69) is 0 Å². The summed E-state index contributed by atoms with van der Waals surface area (Å²) in [6.45, 7) is 1.72. The van der Waals surface area contributed by atoms with Crippen LogP contribution in [0, 0.1) is 0 Å². The lowest BCUT2D eigenvalue weighted by Gasteiger charge is -1.88. The summed E-state index contributed by atoms with van der Waals surface area (Å²) < 4.78 is 0. The number of ketones is 1. The molecule has 0 aliphatic heterocycles. The number of carbonyl (C=O) groups excluding carboxylic acids is 1. The van der Waals surface area contributed by atoms with Gasteiger partial charge in [0.15, 0.2) is 5.78 Å². The van der Waals surface area contributed by atoms with Crippen LogP contribution in [0.5, 0.6) is 0 Å². The second-order valence-corrected chi connectivity index (χ2v) is 1.86. The summed E-state index contributed by atoms with van der Waals surface area (Å²) >= 11 is 0. The van der Waals surface area contributed by atoms with Gasteiger partial charge in [0.25, 0.3) is 0 Å². The molecule has 0 atom stereocenters. The number of carbonyl (C=O) groups is 2. The van der Waals surface area contributed by atoms with Crippen LogP contribution in [0.3, 0.4) is 0 Å². The molecule has 0 aromatic carbocycles. The summed E-state index contributed by atoms with van der Waals surface area (Å²) in [5.41, 5.74) is 0. The maximum Gasteiger partial charge on any atom is 0.303 e. The average Bonchev–Trinajstić information content (AvgIpc) is 1.85. The second kappa shape index (κ2) is 4.73. The lowest BCUT2D eigenvalue weighted by molar-refractivity contribution is -0.138. The van der Waals surface area contributed by atoms with Gasteiger partial charge in [-0.3, -0.25) is 9.59 Å². The highest BCUT2D eigenvalue weighted by molar-refractivity contribution is 5.91. The van der Waals surface area contributed by atoms with E-state index in [1.54, 1.807) is 13.0 Å². The standard InChI is InChI=1S/C7H10O3/c1-2-3-6(8)4-5-7(9)10/h2-3H,4-5H2,1H3,(H,9,10)/b3-2-. The normalized spacial score (nSPS) is 10.1. The van der Waals surface area contributed by atoms with Crippen LogP contribution in [0.15, 0.2) is 12.2 Å². The molecule has 3 nitrogen and oxygen atoms in total. The van der Waals surface area contributed by atoms with Gasteiger partial charge in [0.1, 0.15) is 0 Å². The maximum absolute atomic E-state index is 10.6. The number of allylic oxidation sites excluding steroid dienone is 2. The lowest BCUT2D eigenvalue weighted by atomic mass is 10.2. The molecule has 0 aromatic rings. The first-order valence-corrected chi connectivity index (χ1v) is 3.04. The minimum absolute atomic E-state index is 0.0802. The first-order chi connectivity index (χ1) is 4.66. The van der Waals surface area contributed by atoms with E-state index < -0.39 is 5.97 Å². The first kappa shape index (κ1) is 8.88. The zero-order valence-corrected chi connectivity index (χ0v) is 5.83. The zero-order chi connectivity index (χ0) is 7.98. The molecule has 0 saturated heterocycles. The van der Waals surface area contributed by atoms with Crippen molar-refractivity contribution in [1.82, 2.24) is 0 Å². The van der Waals surface area contributed by atoms with Crippen molar-refractivity contribution in [3.05, 3.63) is 12.2 Å². The van der Waals surface area contributed by atoms with Crippen molar-refractivity contribution in [1.29, 1.82) is 0 Å². The Morgan fingerprint density at radius 3 is 2.40 bits per heavy atom. The molecule has 0 radical (unpaired) electrons. The lowest BCUT2D eigenvalue weighted by Crippen LogP contribution is -1.99. The molecular weight excluding hydrogens is 132 g/mol. The van der Waals surface area contributed by atoms with Crippen molar-refractivity contribution in [3.8, 4) is 0 Å². The van der Waals surface area contributed by atoms with Crippen LogP contribution in [0.4, 0.5) is 0 Å². The number of hydrogen-bond donors (Lipinski definition) is 1. The predicted octanol–water partition coefficient (Wildman–Crippen LogP) is 0.996. The molecule has 56 valence electrons. The fourth-order valence-corrected chi connectivity index (χ4v) is 0.499. The quantitative estimate of drug-likeness (QED) is 0.595. The molecule has 0 spiro atoms. The topological polar surface area (TPSA) is 54.4 Å². The van der Waals surface area contributed by atoms with Gasteiger partial charge in [0, 0.05) is 6.42 Å². The highest BCUT2D eigenvalue weighted by atomic mass is 16.4. The molecular formula is C7H10O3. The van der Waals surface area contributed by atoms with E-state index in [1.807, 2.05) is 0 Å². The monoisotopic (exact) mass is 142 g/mol. The van der Waals surface area contributed by atoms with Gasteiger partial charge < -0.3 is 5.11 Å². The van der Waals surface area contributed by atoms with Crippen molar-refractivity contribution in [2.24, 2.45) is 0 Å². The summed E-state index contributed by atoms with van der Waals surface area (Å²) in [7, 11) is 0. The minimum Gasteiger partial charge on any atom is -0.481 e. The number of hydrogen-bond acceptors (Lipinski definition) is 2. The third-order valence-electron chi connectivity index (χ3n) is 0.938. The van der Waals surface area contributed by atoms with Crippen LogP contribution < -0.4 is 0 Å².